The number of likely N-dealkylation sites (tertiary alicyclic amines) is 2. The van der Waals surface area contributed by atoms with Crippen LogP contribution in [0.2, 0.25) is 0 Å². The summed E-state index contributed by atoms with van der Waals surface area (Å²) in [5.74, 6) is 1.11. The number of thiophene rings is 1. The summed E-state index contributed by atoms with van der Waals surface area (Å²) >= 11 is 1.65. The van der Waals surface area contributed by atoms with E-state index in [4.69, 9.17) is 19.6 Å². The van der Waals surface area contributed by atoms with Crippen molar-refractivity contribution in [2.24, 2.45) is 4.99 Å². The van der Waals surface area contributed by atoms with Gasteiger partial charge < -0.3 is 34.7 Å². The molecule has 0 saturated carbocycles. The molecule has 3 aromatic carbocycles. The lowest BCUT2D eigenvalue weighted by molar-refractivity contribution is -0.188. The van der Waals surface area contributed by atoms with Gasteiger partial charge in [-0.3, -0.25) is 9.59 Å². The minimum absolute atomic E-state index is 0.128. The molecule has 4 atom stereocenters. The van der Waals surface area contributed by atoms with Gasteiger partial charge in [-0.15, -0.1) is 11.3 Å². The summed E-state index contributed by atoms with van der Waals surface area (Å²) in [5.41, 5.74) is 5.23. The van der Waals surface area contributed by atoms with Crippen molar-refractivity contribution in [2.45, 2.75) is 49.9 Å². The van der Waals surface area contributed by atoms with Gasteiger partial charge in [-0.05, 0) is 60.1 Å². The number of nitrogens with zero attached hydrogens (tertiary/aromatic N) is 5. The largest absolute Gasteiger partial charge is 0.453 e. The zero-order valence-corrected chi connectivity index (χ0v) is 33.4. The van der Waals surface area contributed by atoms with Crippen molar-refractivity contribution in [1.29, 1.82) is 0 Å². The van der Waals surface area contributed by atoms with Crippen molar-refractivity contribution in [3.05, 3.63) is 132 Å². The van der Waals surface area contributed by atoms with Crippen LogP contribution in [0.25, 0.3) is 32.3 Å². The highest BCUT2D eigenvalue weighted by Gasteiger charge is 2.38. The van der Waals surface area contributed by atoms with E-state index in [0.717, 1.165) is 75.7 Å². The minimum atomic E-state index is -0.879. The first kappa shape index (κ1) is 39.3. The van der Waals surface area contributed by atoms with Crippen molar-refractivity contribution in [3.63, 3.8) is 0 Å². The maximum Gasteiger partial charge on any atom is 0.407 e. The SMILES string of the molecule is COOC=N[C@H](C(=O)N1CCC[C@H]1c1ncc(-c2ccc(-c3ccc(-c4cnc([C@@H]5CCCN5C(=O)[C@H](NC(=O)OC)c5ccccc5)[nH]4)s3)cc2)[nH]1)c1ccccc1. The normalized spacial score (nSPS) is 17.6. The van der Waals surface area contributed by atoms with Crippen molar-refractivity contribution in [3.8, 4) is 32.3 Å². The highest BCUT2D eigenvalue weighted by molar-refractivity contribution is 7.18. The quantitative estimate of drug-likeness (QED) is 0.0457. The van der Waals surface area contributed by atoms with Crippen LogP contribution in [-0.4, -0.2) is 81.4 Å². The predicted octanol–water partition coefficient (Wildman–Crippen LogP) is 7.97. The van der Waals surface area contributed by atoms with Gasteiger partial charge in [0.2, 0.25) is 6.40 Å². The number of carbonyl (C=O) groups excluding carboxylic acids is 3. The third kappa shape index (κ3) is 8.52. The molecular formula is C44H44N8O6S. The second kappa shape index (κ2) is 17.9. The lowest BCUT2D eigenvalue weighted by atomic mass is 10.1. The van der Waals surface area contributed by atoms with Crippen LogP contribution in [0.4, 0.5) is 4.79 Å². The maximum atomic E-state index is 13.9. The Bertz CT molecular complexity index is 2400. The Kier molecular flexibility index (Phi) is 11.9. The number of rotatable bonds is 13. The number of aliphatic imine (C=N–C) groups is 1. The van der Waals surface area contributed by atoms with Crippen molar-refractivity contribution < 1.29 is 28.9 Å². The van der Waals surface area contributed by atoms with Gasteiger partial charge in [0, 0.05) is 18.0 Å². The summed E-state index contributed by atoms with van der Waals surface area (Å²) in [6.07, 6.45) is 7.34. The van der Waals surface area contributed by atoms with Crippen LogP contribution in [0, 0.1) is 0 Å². The van der Waals surface area contributed by atoms with E-state index in [-0.39, 0.29) is 23.9 Å². The van der Waals surface area contributed by atoms with Crippen molar-refractivity contribution in [2.75, 3.05) is 27.3 Å². The first-order valence-corrected chi connectivity index (χ1v) is 20.3. The average molecular weight is 813 g/mol. The second-order valence-electron chi connectivity index (χ2n) is 14.3. The third-order valence-corrected chi connectivity index (χ3v) is 11.9. The Morgan fingerprint density at radius 1 is 0.746 bits per heavy atom. The molecule has 0 aliphatic carbocycles. The van der Waals surface area contributed by atoms with Crippen LogP contribution in [0.3, 0.4) is 0 Å². The molecule has 2 aliphatic rings. The fraction of sp³-hybridized carbons (Fsp3) is 0.273. The monoisotopic (exact) mass is 812 g/mol. The van der Waals surface area contributed by atoms with Gasteiger partial charge in [0.25, 0.3) is 11.8 Å². The number of H-pyrrole nitrogens is 2. The van der Waals surface area contributed by atoms with Gasteiger partial charge in [-0.1, -0.05) is 84.9 Å². The number of hydrogen-bond acceptors (Lipinski definition) is 10. The molecule has 3 aromatic heterocycles. The summed E-state index contributed by atoms with van der Waals surface area (Å²) < 4.78 is 4.83. The smallest absolute Gasteiger partial charge is 0.407 e. The summed E-state index contributed by atoms with van der Waals surface area (Å²) in [6, 6.07) is 29.0. The topological polar surface area (TPSA) is 167 Å². The fourth-order valence-corrected chi connectivity index (χ4v) is 8.83. The summed E-state index contributed by atoms with van der Waals surface area (Å²) in [6.45, 7) is 1.16. The predicted molar refractivity (Wildman–Crippen MR) is 223 cm³/mol. The second-order valence-corrected chi connectivity index (χ2v) is 15.4. The van der Waals surface area contributed by atoms with Crippen LogP contribution in [0.15, 0.2) is 114 Å². The molecule has 14 nitrogen and oxygen atoms in total. The molecule has 0 bridgehead atoms. The number of amides is 3. The van der Waals surface area contributed by atoms with E-state index in [1.165, 1.54) is 14.2 Å². The molecule has 2 saturated heterocycles. The number of imidazole rings is 2. The van der Waals surface area contributed by atoms with Crippen molar-refractivity contribution >= 4 is 35.6 Å². The lowest BCUT2D eigenvalue weighted by Crippen LogP contribution is -2.42. The fourth-order valence-electron chi connectivity index (χ4n) is 7.85. The summed E-state index contributed by atoms with van der Waals surface area (Å²) in [5, 5.41) is 2.72. The molecule has 0 unspecified atom stereocenters. The molecule has 5 heterocycles. The van der Waals surface area contributed by atoms with Crippen LogP contribution < -0.4 is 5.32 Å². The Hall–Kier alpha value is -6.58. The molecule has 3 amide bonds. The number of aromatic amines is 2. The van der Waals surface area contributed by atoms with E-state index in [1.807, 2.05) is 78.0 Å². The van der Waals surface area contributed by atoms with Gasteiger partial charge in [0.15, 0.2) is 6.04 Å². The molecule has 0 spiro atoms. The van der Waals surface area contributed by atoms with E-state index in [2.05, 4.69) is 61.6 Å². The molecule has 3 N–H and O–H groups in total. The van der Waals surface area contributed by atoms with E-state index >= 15 is 0 Å². The van der Waals surface area contributed by atoms with Crippen LogP contribution in [0.1, 0.15) is 72.6 Å². The van der Waals surface area contributed by atoms with Crippen LogP contribution in [0.5, 0.6) is 0 Å². The standard InChI is InChI=1S/C44H44N8O6S/c1-56-44(55)50-39(31-13-7-4-8-14-31)43(54)52-24-10-16-35(52)41-46-26-33(49-41)37-22-21-36(59-37)29-19-17-28(18-20-29)32-25-45-40(48-32)34-15-9-23-51(34)42(53)38(47-27-58-57-2)30-11-5-3-6-12-30/h3-8,11-14,17-22,25-27,34-35,38-39H,9-10,15-16,23-24H2,1-2H3,(H,45,48)(H,46,49)(H,50,55)/t34-,35-,38-,39+/m0/s1. The molecule has 302 valence electrons. The zero-order chi connectivity index (χ0) is 40.7. The van der Waals surface area contributed by atoms with E-state index in [0.29, 0.717) is 24.5 Å². The summed E-state index contributed by atoms with van der Waals surface area (Å²) in [7, 11) is 2.67. The average Bonchev–Trinajstić information content (AvgIpc) is 4.13. The van der Waals surface area contributed by atoms with Crippen LogP contribution >= 0.6 is 11.3 Å². The van der Waals surface area contributed by atoms with Crippen molar-refractivity contribution in [1.82, 2.24) is 35.1 Å². The lowest BCUT2D eigenvalue weighted by Gasteiger charge is -2.28. The number of carbonyl (C=O) groups is 3. The van der Waals surface area contributed by atoms with E-state index in [1.54, 1.807) is 16.2 Å². The highest BCUT2D eigenvalue weighted by atomic mass is 32.1. The maximum absolute atomic E-state index is 13.9. The Morgan fingerprint density at radius 2 is 1.32 bits per heavy atom. The number of nitrogens with one attached hydrogen (secondary N) is 3. The Morgan fingerprint density at radius 3 is 1.97 bits per heavy atom. The third-order valence-electron chi connectivity index (χ3n) is 10.8. The summed E-state index contributed by atoms with van der Waals surface area (Å²) in [4.78, 5) is 76.2. The number of benzene rings is 3. The van der Waals surface area contributed by atoms with Gasteiger partial charge in [0.1, 0.15) is 17.7 Å². The molecule has 2 fully saturated rings. The minimum Gasteiger partial charge on any atom is -0.453 e. The number of aromatic nitrogens is 4. The van der Waals surface area contributed by atoms with E-state index in [9.17, 15) is 14.4 Å². The Balaban J connectivity index is 0.938. The molecule has 2 aliphatic heterocycles. The molecule has 59 heavy (non-hydrogen) atoms. The first-order chi connectivity index (χ1) is 28.9. The zero-order valence-electron chi connectivity index (χ0n) is 32.6. The highest BCUT2D eigenvalue weighted by Crippen LogP contribution is 2.39. The molecule has 15 heteroatoms. The number of methoxy groups -OCH3 is 1. The van der Waals surface area contributed by atoms with Gasteiger partial charge in [0.05, 0.1) is 55.0 Å². The number of ether oxygens (including phenoxy) is 1. The molecule has 8 rings (SSSR count). The van der Waals surface area contributed by atoms with Gasteiger partial charge >= 0.3 is 6.09 Å². The first-order valence-electron chi connectivity index (χ1n) is 19.5. The van der Waals surface area contributed by atoms with Crippen LogP contribution in [-0.2, 0) is 24.1 Å². The molecule has 0 radical (unpaired) electrons. The van der Waals surface area contributed by atoms with Gasteiger partial charge in [-0.2, -0.15) is 4.89 Å². The number of alkyl carbamates (subject to hydrolysis) is 1. The van der Waals surface area contributed by atoms with Gasteiger partial charge in [-0.25, -0.2) is 19.8 Å². The molecular weight excluding hydrogens is 769 g/mol. The molecule has 6 aromatic rings. The number of hydrogen-bond donors (Lipinski definition) is 3. The van der Waals surface area contributed by atoms with E-state index < -0.39 is 18.2 Å². The Labute approximate surface area is 345 Å².